The summed E-state index contributed by atoms with van der Waals surface area (Å²) < 4.78 is 33.7. The molecule has 0 atom stereocenters. The number of thiazole rings is 1. The smallest absolute Gasteiger partial charge is 0.243 e. The molecule has 0 aliphatic carbocycles. The predicted octanol–water partition coefficient (Wildman–Crippen LogP) is 5.27. The molecule has 0 saturated heterocycles. The molecule has 7 nitrogen and oxygen atoms in total. The molecule has 0 aliphatic heterocycles. The lowest BCUT2D eigenvalue weighted by molar-refractivity contribution is -0.116. The summed E-state index contributed by atoms with van der Waals surface area (Å²) in [4.78, 5) is 17.7. The minimum Gasteiger partial charge on any atom is -0.496 e. The third kappa shape index (κ3) is 5.99. The van der Waals surface area contributed by atoms with Gasteiger partial charge in [-0.25, -0.2) is 13.4 Å². The van der Waals surface area contributed by atoms with E-state index in [2.05, 4.69) is 10.3 Å². The topological polar surface area (TPSA) is 88.6 Å². The first-order valence-electron chi connectivity index (χ1n) is 11.3. The Balaban J connectivity index is 1.58. The normalized spacial score (nSPS) is 11.4. The van der Waals surface area contributed by atoms with Crippen LogP contribution >= 0.6 is 11.3 Å². The highest BCUT2D eigenvalue weighted by Gasteiger charge is 2.27. The molecule has 1 aromatic heterocycles. The summed E-state index contributed by atoms with van der Waals surface area (Å²) in [5.41, 5.74) is 3.74. The number of carbonyl (C=O) groups is 1. The van der Waals surface area contributed by atoms with Gasteiger partial charge in [0, 0.05) is 23.2 Å². The second-order valence-corrected chi connectivity index (χ2v) is 11.3. The number of aryl methyl sites for hydroxylation is 2. The molecule has 4 aromatic rings. The van der Waals surface area contributed by atoms with Crippen molar-refractivity contribution in [1.29, 1.82) is 0 Å². The van der Waals surface area contributed by atoms with Crippen LogP contribution in [0, 0.1) is 13.8 Å². The van der Waals surface area contributed by atoms with Crippen molar-refractivity contribution in [3.8, 4) is 17.0 Å². The summed E-state index contributed by atoms with van der Waals surface area (Å²) in [6.07, 6.45) is 0. The van der Waals surface area contributed by atoms with E-state index in [9.17, 15) is 13.2 Å². The number of nitrogens with zero attached hydrogens (tertiary/aromatic N) is 2. The summed E-state index contributed by atoms with van der Waals surface area (Å²) in [6, 6.07) is 21.2. The van der Waals surface area contributed by atoms with E-state index in [0.29, 0.717) is 17.0 Å². The Morgan fingerprint density at radius 1 is 1.03 bits per heavy atom. The number of nitrogens with one attached hydrogen (secondary N) is 1. The van der Waals surface area contributed by atoms with E-state index in [4.69, 9.17) is 4.74 Å². The van der Waals surface area contributed by atoms with E-state index in [1.165, 1.54) is 17.5 Å². The number of aromatic nitrogens is 1. The maximum absolute atomic E-state index is 13.6. The number of ether oxygens (including phenoxy) is 1. The van der Waals surface area contributed by atoms with E-state index >= 15 is 0 Å². The Morgan fingerprint density at radius 3 is 2.47 bits per heavy atom. The van der Waals surface area contributed by atoms with Crippen molar-refractivity contribution < 1.29 is 17.9 Å². The van der Waals surface area contributed by atoms with Gasteiger partial charge in [0.05, 0.1) is 29.3 Å². The summed E-state index contributed by atoms with van der Waals surface area (Å²) in [5.74, 6) is 0.155. The summed E-state index contributed by atoms with van der Waals surface area (Å²) in [5, 5.41) is 5.75. The minimum atomic E-state index is -3.97. The largest absolute Gasteiger partial charge is 0.496 e. The molecule has 0 radical (unpaired) electrons. The molecule has 0 unspecified atom stereocenters. The molecule has 9 heteroatoms. The van der Waals surface area contributed by atoms with Gasteiger partial charge in [-0.3, -0.25) is 4.79 Å². The number of rotatable bonds is 9. The highest BCUT2D eigenvalue weighted by Crippen LogP contribution is 2.26. The Kier molecular flexibility index (Phi) is 7.83. The molecule has 1 amide bonds. The van der Waals surface area contributed by atoms with Crippen molar-refractivity contribution in [2.75, 3.05) is 19.0 Å². The zero-order valence-corrected chi connectivity index (χ0v) is 21.9. The van der Waals surface area contributed by atoms with Crippen molar-refractivity contribution in [2.45, 2.75) is 25.3 Å². The fourth-order valence-corrected chi connectivity index (χ4v) is 5.88. The Bertz CT molecular complexity index is 1470. The third-order valence-corrected chi connectivity index (χ3v) is 8.15. The summed E-state index contributed by atoms with van der Waals surface area (Å²) >= 11 is 1.55. The number of sulfonamides is 1. The van der Waals surface area contributed by atoms with Gasteiger partial charge in [0.1, 0.15) is 5.75 Å². The predicted molar refractivity (Wildman–Crippen MR) is 143 cm³/mol. The molecule has 1 heterocycles. The molecule has 0 spiro atoms. The van der Waals surface area contributed by atoms with Crippen LogP contribution in [-0.4, -0.2) is 37.3 Å². The number of anilines is 1. The standard InChI is InChI=1S/C27H27N3O4S2/c1-19-14-24(12-13-26(19)34-3)36(32,33)30(16-21-8-5-4-6-9-21)17-27(31)29-23-11-7-10-22(15-23)25-18-35-20(2)28-25/h4-15,18H,16-17H2,1-3H3,(H,29,31). The molecule has 4 rings (SSSR count). The minimum absolute atomic E-state index is 0.0554. The van der Waals surface area contributed by atoms with Crippen molar-refractivity contribution in [3.05, 3.63) is 94.3 Å². The van der Waals surface area contributed by atoms with Gasteiger partial charge in [-0.05, 0) is 55.3 Å². The maximum Gasteiger partial charge on any atom is 0.243 e. The average molecular weight is 522 g/mol. The summed E-state index contributed by atoms with van der Waals surface area (Å²) in [6.45, 7) is 3.43. The van der Waals surface area contributed by atoms with E-state index in [1.54, 1.807) is 36.5 Å². The van der Waals surface area contributed by atoms with Crippen LogP contribution in [0.4, 0.5) is 5.69 Å². The third-order valence-electron chi connectivity index (χ3n) is 5.59. The number of methoxy groups -OCH3 is 1. The molecule has 0 saturated carbocycles. The number of benzene rings is 3. The molecule has 0 aliphatic rings. The molecule has 3 aromatic carbocycles. The quantitative estimate of drug-likeness (QED) is 0.324. The first-order chi connectivity index (χ1) is 17.3. The highest BCUT2D eigenvalue weighted by molar-refractivity contribution is 7.89. The number of hydrogen-bond donors (Lipinski definition) is 1. The SMILES string of the molecule is COc1ccc(S(=O)(=O)N(CC(=O)Nc2cccc(-c3csc(C)n3)c2)Cc2ccccc2)cc1C. The number of hydrogen-bond acceptors (Lipinski definition) is 6. The second kappa shape index (κ2) is 11.0. The van der Waals surface area contributed by atoms with Crippen molar-refractivity contribution in [3.63, 3.8) is 0 Å². The molecule has 1 N–H and O–H groups in total. The highest BCUT2D eigenvalue weighted by atomic mass is 32.2. The van der Waals surface area contributed by atoms with Crippen LogP contribution in [0.3, 0.4) is 0 Å². The van der Waals surface area contributed by atoms with E-state index in [1.807, 2.05) is 60.8 Å². The van der Waals surface area contributed by atoms with Gasteiger partial charge in [-0.2, -0.15) is 4.31 Å². The van der Waals surface area contributed by atoms with Crippen molar-refractivity contribution >= 4 is 33.0 Å². The Labute approximate surface area is 215 Å². The van der Waals surface area contributed by atoms with Gasteiger partial charge in [0.15, 0.2) is 0 Å². The van der Waals surface area contributed by atoms with Crippen LogP contribution in [0.5, 0.6) is 5.75 Å². The Hall–Kier alpha value is -3.53. The zero-order valence-electron chi connectivity index (χ0n) is 20.3. The lowest BCUT2D eigenvalue weighted by atomic mass is 10.1. The monoisotopic (exact) mass is 521 g/mol. The molecule has 0 fully saturated rings. The Morgan fingerprint density at radius 2 is 1.81 bits per heavy atom. The van der Waals surface area contributed by atoms with Gasteiger partial charge in [0.25, 0.3) is 0 Å². The molecule has 36 heavy (non-hydrogen) atoms. The maximum atomic E-state index is 13.6. The fourth-order valence-electron chi connectivity index (χ4n) is 3.79. The number of amides is 1. The lowest BCUT2D eigenvalue weighted by Crippen LogP contribution is -2.37. The van der Waals surface area contributed by atoms with E-state index in [-0.39, 0.29) is 18.0 Å². The van der Waals surface area contributed by atoms with Crippen molar-refractivity contribution in [2.24, 2.45) is 0 Å². The van der Waals surface area contributed by atoms with Gasteiger partial charge in [0.2, 0.25) is 15.9 Å². The lowest BCUT2D eigenvalue weighted by Gasteiger charge is -2.22. The molecule has 0 bridgehead atoms. The van der Waals surface area contributed by atoms with Crippen LogP contribution in [0.1, 0.15) is 16.1 Å². The van der Waals surface area contributed by atoms with Crippen molar-refractivity contribution in [1.82, 2.24) is 9.29 Å². The van der Waals surface area contributed by atoms with Gasteiger partial charge in [-0.1, -0.05) is 42.5 Å². The first-order valence-corrected chi connectivity index (χ1v) is 13.6. The second-order valence-electron chi connectivity index (χ2n) is 8.27. The fraction of sp³-hybridized carbons (Fsp3) is 0.185. The number of carbonyl (C=O) groups excluding carboxylic acids is 1. The molecular formula is C27H27N3O4S2. The van der Waals surface area contributed by atoms with Gasteiger partial charge in [-0.15, -0.1) is 11.3 Å². The van der Waals surface area contributed by atoms with Crippen LogP contribution in [0.2, 0.25) is 0 Å². The van der Waals surface area contributed by atoms with Crippen LogP contribution in [-0.2, 0) is 21.4 Å². The summed E-state index contributed by atoms with van der Waals surface area (Å²) in [7, 11) is -2.44. The zero-order chi connectivity index (χ0) is 25.7. The van der Waals surface area contributed by atoms with E-state index in [0.717, 1.165) is 21.8 Å². The van der Waals surface area contributed by atoms with Crippen LogP contribution in [0.25, 0.3) is 11.3 Å². The van der Waals surface area contributed by atoms with Gasteiger partial charge < -0.3 is 10.1 Å². The van der Waals surface area contributed by atoms with Crippen LogP contribution in [0.15, 0.2) is 83.1 Å². The molecular weight excluding hydrogens is 494 g/mol. The first kappa shape index (κ1) is 25.6. The average Bonchev–Trinajstić information content (AvgIpc) is 3.30. The van der Waals surface area contributed by atoms with E-state index < -0.39 is 15.9 Å². The molecule has 186 valence electrons. The van der Waals surface area contributed by atoms with Crippen LogP contribution < -0.4 is 10.1 Å². The van der Waals surface area contributed by atoms with Gasteiger partial charge >= 0.3 is 0 Å².